The Hall–Kier alpha value is -2.62. The molecule has 0 fully saturated rings. The van der Waals surface area contributed by atoms with Crippen LogP contribution in [0, 0.1) is 17.1 Å². The van der Waals surface area contributed by atoms with Crippen LogP contribution in [0.4, 0.5) is 17.6 Å². The van der Waals surface area contributed by atoms with E-state index in [2.05, 4.69) is 9.72 Å². The van der Waals surface area contributed by atoms with Crippen molar-refractivity contribution in [2.45, 2.75) is 12.8 Å². The summed E-state index contributed by atoms with van der Waals surface area (Å²) in [6.07, 6.45) is -3.05. The van der Waals surface area contributed by atoms with Gasteiger partial charge in [0, 0.05) is 22.9 Å². The van der Waals surface area contributed by atoms with E-state index < -0.39 is 17.9 Å². The number of rotatable bonds is 3. The maximum Gasteiger partial charge on any atom is 0.573 e. The third kappa shape index (κ3) is 3.48. The Morgan fingerprint density at radius 2 is 1.86 bits per heavy atom. The first-order valence-corrected chi connectivity index (χ1v) is 5.77. The fraction of sp³-hybridized carbons (Fsp3) is 0.143. The summed E-state index contributed by atoms with van der Waals surface area (Å²) >= 11 is 0. The lowest BCUT2D eigenvalue weighted by atomic mass is 9.99. The van der Waals surface area contributed by atoms with Crippen molar-refractivity contribution in [2.75, 3.05) is 0 Å². The predicted octanol–water partition coefficient (Wildman–Crippen LogP) is 3.85. The molecule has 0 unspecified atom stereocenters. The Balaban J connectivity index is 2.58. The highest BCUT2D eigenvalue weighted by Crippen LogP contribution is 2.35. The Kier molecular flexibility index (Phi) is 4.08. The molecule has 1 aromatic carbocycles. The summed E-state index contributed by atoms with van der Waals surface area (Å²) in [5, 5.41) is 8.72. The van der Waals surface area contributed by atoms with Crippen molar-refractivity contribution in [3.8, 4) is 22.9 Å². The molecular formula is C14H8F4N2O. The summed E-state index contributed by atoms with van der Waals surface area (Å²) in [4.78, 5) is 3.62. The second-order valence-electron chi connectivity index (χ2n) is 4.03. The minimum absolute atomic E-state index is 0.0204. The lowest BCUT2D eigenvalue weighted by Gasteiger charge is -2.14. The Bertz CT molecular complexity index is 692. The maximum atomic E-state index is 13.7. The second kappa shape index (κ2) is 5.79. The molecule has 0 aliphatic rings. The number of alkyl halides is 3. The van der Waals surface area contributed by atoms with Gasteiger partial charge in [-0.1, -0.05) is 18.2 Å². The van der Waals surface area contributed by atoms with Crippen LogP contribution in [0.15, 0.2) is 36.7 Å². The fourth-order valence-corrected chi connectivity index (χ4v) is 1.86. The van der Waals surface area contributed by atoms with Gasteiger partial charge in [0.1, 0.15) is 11.6 Å². The molecule has 2 rings (SSSR count). The van der Waals surface area contributed by atoms with Gasteiger partial charge in [-0.05, 0) is 6.07 Å². The Labute approximate surface area is 117 Å². The van der Waals surface area contributed by atoms with Gasteiger partial charge in [-0.15, -0.1) is 13.2 Å². The monoisotopic (exact) mass is 296 g/mol. The zero-order chi connectivity index (χ0) is 15.5. The van der Waals surface area contributed by atoms with Gasteiger partial charge < -0.3 is 4.74 Å². The summed E-state index contributed by atoms with van der Waals surface area (Å²) in [5.41, 5.74) is 0.0919. The van der Waals surface area contributed by atoms with Gasteiger partial charge in [0.05, 0.1) is 18.7 Å². The van der Waals surface area contributed by atoms with Crippen LogP contribution in [-0.4, -0.2) is 11.3 Å². The van der Waals surface area contributed by atoms with Crippen LogP contribution in [0.5, 0.6) is 5.75 Å². The van der Waals surface area contributed by atoms with Gasteiger partial charge in [-0.3, -0.25) is 4.98 Å². The Morgan fingerprint density at radius 1 is 1.14 bits per heavy atom. The highest BCUT2D eigenvalue weighted by atomic mass is 19.4. The largest absolute Gasteiger partial charge is 0.573 e. The summed E-state index contributed by atoms with van der Waals surface area (Å²) < 4.78 is 54.8. The van der Waals surface area contributed by atoms with Crippen molar-refractivity contribution in [1.82, 2.24) is 4.98 Å². The molecule has 108 valence electrons. The maximum absolute atomic E-state index is 13.7. The molecule has 1 heterocycles. The second-order valence-corrected chi connectivity index (χ2v) is 4.03. The van der Waals surface area contributed by atoms with E-state index in [9.17, 15) is 17.6 Å². The normalized spacial score (nSPS) is 11.0. The van der Waals surface area contributed by atoms with Crippen molar-refractivity contribution < 1.29 is 22.3 Å². The molecule has 2 aromatic rings. The van der Waals surface area contributed by atoms with E-state index in [0.717, 1.165) is 12.3 Å². The lowest BCUT2D eigenvalue weighted by Crippen LogP contribution is -2.17. The van der Waals surface area contributed by atoms with E-state index in [4.69, 9.17) is 5.26 Å². The van der Waals surface area contributed by atoms with Gasteiger partial charge in [-0.2, -0.15) is 5.26 Å². The fourth-order valence-electron chi connectivity index (χ4n) is 1.86. The predicted molar refractivity (Wildman–Crippen MR) is 65.6 cm³/mol. The first-order chi connectivity index (χ1) is 9.92. The van der Waals surface area contributed by atoms with Crippen LogP contribution < -0.4 is 4.74 Å². The lowest BCUT2D eigenvalue weighted by molar-refractivity contribution is -0.274. The van der Waals surface area contributed by atoms with Crippen LogP contribution in [0.1, 0.15) is 5.56 Å². The average molecular weight is 296 g/mol. The number of benzene rings is 1. The van der Waals surface area contributed by atoms with E-state index >= 15 is 0 Å². The van der Waals surface area contributed by atoms with Crippen LogP contribution in [0.2, 0.25) is 0 Å². The number of aromatic nitrogens is 1. The number of hydrogen-bond donors (Lipinski definition) is 0. The van der Waals surface area contributed by atoms with Gasteiger partial charge in [-0.25, -0.2) is 4.39 Å². The molecule has 0 N–H and O–H groups in total. The van der Waals surface area contributed by atoms with E-state index in [1.54, 1.807) is 6.07 Å². The summed E-state index contributed by atoms with van der Waals surface area (Å²) in [5.74, 6) is -1.23. The molecule has 1 aromatic heterocycles. The van der Waals surface area contributed by atoms with E-state index in [-0.39, 0.29) is 23.1 Å². The molecule has 0 spiro atoms. The molecule has 0 bridgehead atoms. The molecule has 0 atom stereocenters. The summed E-state index contributed by atoms with van der Waals surface area (Å²) in [6, 6.07) is 7.08. The van der Waals surface area contributed by atoms with E-state index in [1.165, 1.54) is 24.4 Å². The summed E-state index contributed by atoms with van der Waals surface area (Å²) in [7, 11) is 0. The molecule has 0 amide bonds. The van der Waals surface area contributed by atoms with Crippen molar-refractivity contribution >= 4 is 0 Å². The van der Waals surface area contributed by atoms with Crippen LogP contribution >= 0.6 is 0 Å². The highest BCUT2D eigenvalue weighted by Gasteiger charge is 2.32. The third-order valence-electron chi connectivity index (χ3n) is 2.66. The number of nitriles is 1. The first-order valence-electron chi connectivity index (χ1n) is 5.77. The molecular weight excluding hydrogens is 288 g/mol. The van der Waals surface area contributed by atoms with Crippen molar-refractivity contribution in [2.24, 2.45) is 0 Å². The van der Waals surface area contributed by atoms with E-state index in [0.29, 0.717) is 0 Å². The molecule has 0 aliphatic heterocycles. The minimum Gasteiger partial charge on any atom is -0.405 e. The van der Waals surface area contributed by atoms with Gasteiger partial charge in [0.15, 0.2) is 0 Å². The molecule has 0 radical (unpaired) electrons. The van der Waals surface area contributed by atoms with Crippen LogP contribution in [0.3, 0.4) is 0 Å². The number of para-hydroxylation sites is 1. The minimum atomic E-state index is -4.87. The quantitative estimate of drug-likeness (QED) is 0.808. The topological polar surface area (TPSA) is 45.9 Å². The standard InChI is InChI=1S/C14H8F4N2O/c15-12-8-20-7-11(9(12)5-6-19)10-3-1-2-4-13(10)21-14(16,17)18/h1-4,7-8H,5H2. The third-order valence-corrected chi connectivity index (χ3v) is 2.66. The Morgan fingerprint density at radius 3 is 2.52 bits per heavy atom. The van der Waals surface area contributed by atoms with Crippen LogP contribution in [0.25, 0.3) is 11.1 Å². The molecule has 0 saturated carbocycles. The molecule has 0 aliphatic carbocycles. The molecule has 3 nitrogen and oxygen atoms in total. The smallest absolute Gasteiger partial charge is 0.405 e. The zero-order valence-electron chi connectivity index (χ0n) is 10.5. The number of halogens is 4. The average Bonchev–Trinajstić information content (AvgIpc) is 2.40. The molecule has 21 heavy (non-hydrogen) atoms. The number of nitrogens with zero attached hydrogens (tertiary/aromatic N) is 2. The van der Waals surface area contributed by atoms with Gasteiger partial charge >= 0.3 is 6.36 Å². The highest BCUT2D eigenvalue weighted by molar-refractivity contribution is 5.73. The SMILES string of the molecule is N#CCc1c(F)cncc1-c1ccccc1OC(F)(F)F. The van der Waals surface area contributed by atoms with Gasteiger partial charge in [0.2, 0.25) is 0 Å². The number of pyridine rings is 1. The molecule has 7 heteroatoms. The van der Waals surface area contributed by atoms with Gasteiger partial charge in [0.25, 0.3) is 0 Å². The van der Waals surface area contributed by atoms with Crippen molar-refractivity contribution in [3.05, 3.63) is 48.0 Å². The summed E-state index contributed by atoms with van der Waals surface area (Å²) in [6.45, 7) is 0. The van der Waals surface area contributed by atoms with Crippen molar-refractivity contribution in [3.63, 3.8) is 0 Å². The zero-order valence-corrected chi connectivity index (χ0v) is 10.5. The van der Waals surface area contributed by atoms with E-state index in [1.807, 2.05) is 0 Å². The molecule has 0 saturated heterocycles. The van der Waals surface area contributed by atoms with Crippen molar-refractivity contribution in [1.29, 1.82) is 5.26 Å². The first kappa shape index (κ1) is 14.8. The number of hydrogen-bond acceptors (Lipinski definition) is 3. The number of ether oxygens (including phenoxy) is 1. The van der Waals surface area contributed by atoms with Crippen LogP contribution in [-0.2, 0) is 6.42 Å².